The predicted octanol–water partition coefficient (Wildman–Crippen LogP) is 2.87. The van der Waals surface area contributed by atoms with Gasteiger partial charge in [-0.3, -0.25) is 0 Å². The lowest BCUT2D eigenvalue weighted by Gasteiger charge is -2.12. The number of aliphatic hydroxyl groups is 1. The molecule has 0 amide bonds. The van der Waals surface area contributed by atoms with Crippen molar-refractivity contribution in [3.05, 3.63) is 45.3 Å². The highest BCUT2D eigenvalue weighted by Gasteiger charge is 2.09. The first-order valence-corrected chi connectivity index (χ1v) is 6.82. The Hall–Kier alpha value is -1.39. The molecule has 1 N–H and O–H groups in total. The van der Waals surface area contributed by atoms with Crippen LogP contribution in [0.4, 0.5) is 0 Å². The van der Waals surface area contributed by atoms with Crippen LogP contribution in [0.2, 0.25) is 0 Å². The van der Waals surface area contributed by atoms with Crippen molar-refractivity contribution in [3.8, 4) is 5.88 Å². The smallest absolute Gasteiger partial charge is 0.219 e. The van der Waals surface area contributed by atoms with E-state index in [9.17, 15) is 5.11 Å². The van der Waals surface area contributed by atoms with Crippen molar-refractivity contribution >= 4 is 11.3 Å². The second-order valence-electron chi connectivity index (χ2n) is 4.20. The van der Waals surface area contributed by atoms with Gasteiger partial charge in [0.25, 0.3) is 0 Å². The highest BCUT2D eigenvalue weighted by molar-refractivity contribution is 7.09. The maximum absolute atomic E-state index is 9.36. The molecule has 18 heavy (non-hydrogen) atoms. The van der Waals surface area contributed by atoms with E-state index in [-0.39, 0.29) is 6.61 Å². The topological polar surface area (TPSA) is 42.4 Å². The summed E-state index contributed by atoms with van der Waals surface area (Å²) in [7, 11) is 0. The minimum atomic E-state index is -0.0343. The Kier molecular flexibility index (Phi) is 4.33. The Morgan fingerprint density at radius 1 is 1.39 bits per heavy atom. The molecule has 0 spiro atoms. The van der Waals surface area contributed by atoms with Gasteiger partial charge in [0.05, 0.1) is 13.2 Å². The Balaban J connectivity index is 2.04. The van der Waals surface area contributed by atoms with Crippen LogP contribution in [0.3, 0.4) is 0 Å². The molecule has 0 bridgehead atoms. The maximum atomic E-state index is 9.36. The molecule has 0 saturated carbocycles. The van der Waals surface area contributed by atoms with Crippen molar-refractivity contribution in [2.45, 2.75) is 26.9 Å². The zero-order valence-electron chi connectivity index (χ0n) is 10.6. The van der Waals surface area contributed by atoms with E-state index in [1.54, 1.807) is 11.3 Å². The largest absolute Gasteiger partial charge is 0.477 e. The third kappa shape index (κ3) is 3.09. The molecular formula is C14H17NO2S. The van der Waals surface area contributed by atoms with Gasteiger partial charge in [0.1, 0.15) is 0 Å². The lowest BCUT2D eigenvalue weighted by Crippen LogP contribution is -2.06. The van der Waals surface area contributed by atoms with Crippen molar-refractivity contribution in [3.63, 3.8) is 0 Å². The van der Waals surface area contributed by atoms with E-state index < -0.39 is 0 Å². The Labute approximate surface area is 111 Å². The number of pyridine rings is 1. The van der Waals surface area contributed by atoms with E-state index in [0.29, 0.717) is 12.5 Å². The summed E-state index contributed by atoms with van der Waals surface area (Å²) < 4.78 is 5.70. The molecule has 0 aliphatic heterocycles. The molecule has 3 nitrogen and oxygen atoms in total. The molecule has 0 radical (unpaired) electrons. The third-order valence-corrected chi connectivity index (χ3v) is 3.70. The van der Waals surface area contributed by atoms with Crippen LogP contribution < -0.4 is 4.74 Å². The van der Waals surface area contributed by atoms with Crippen LogP contribution in [0.1, 0.15) is 21.7 Å². The average Bonchev–Trinajstić information content (AvgIpc) is 2.81. The first-order chi connectivity index (χ1) is 8.70. The average molecular weight is 263 g/mol. The number of aromatic nitrogens is 1. The number of aliphatic hydroxyl groups excluding tert-OH is 1. The van der Waals surface area contributed by atoms with Gasteiger partial charge in [-0.15, -0.1) is 11.3 Å². The summed E-state index contributed by atoms with van der Waals surface area (Å²) >= 11 is 1.72. The molecule has 2 heterocycles. The van der Waals surface area contributed by atoms with E-state index in [4.69, 9.17) is 4.74 Å². The normalized spacial score (nSPS) is 10.6. The van der Waals surface area contributed by atoms with Crippen LogP contribution in [0, 0.1) is 13.8 Å². The van der Waals surface area contributed by atoms with Gasteiger partial charge in [-0.05, 0) is 36.9 Å². The summed E-state index contributed by atoms with van der Waals surface area (Å²) in [6.07, 6.45) is 0.872. The van der Waals surface area contributed by atoms with Crippen molar-refractivity contribution in [1.82, 2.24) is 4.98 Å². The van der Waals surface area contributed by atoms with Gasteiger partial charge < -0.3 is 9.84 Å². The van der Waals surface area contributed by atoms with Gasteiger partial charge >= 0.3 is 0 Å². The van der Waals surface area contributed by atoms with Crippen molar-refractivity contribution in [2.75, 3.05) is 6.61 Å². The number of aryl methyl sites for hydroxylation is 2. The molecule has 0 fully saturated rings. The van der Waals surface area contributed by atoms with E-state index in [2.05, 4.69) is 16.4 Å². The number of ether oxygens (including phenoxy) is 1. The van der Waals surface area contributed by atoms with Crippen LogP contribution in [0.5, 0.6) is 5.88 Å². The SMILES string of the molecule is Cc1cc(C)c(CO)c(OCCc2cccs2)n1. The van der Waals surface area contributed by atoms with Crippen molar-refractivity contribution < 1.29 is 9.84 Å². The second-order valence-corrected chi connectivity index (χ2v) is 5.23. The fourth-order valence-corrected chi connectivity index (χ4v) is 2.53. The summed E-state index contributed by atoms with van der Waals surface area (Å²) in [5.41, 5.74) is 2.72. The molecule has 4 heteroatoms. The number of hydrogen-bond donors (Lipinski definition) is 1. The maximum Gasteiger partial charge on any atom is 0.219 e. The number of thiophene rings is 1. The summed E-state index contributed by atoms with van der Waals surface area (Å²) in [6.45, 7) is 4.45. The van der Waals surface area contributed by atoms with E-state index in [0.717, 1.165) is 23.2 Å². The van der Waals surface area contributed by atoms with Gasteiger partial charge in [-0.2, -0.15) is 0 Å². The fraction of sp³-hybridized carbons (Fsp3) is 0.357. The van der Waals surface area contributed by atoms with E-state index >= 15 is 0 Å². The zero-order valence-corrected chi connectivity index (χ0v) is 11.5. The first-order valence-electron chi connectivity index (χ1n) is 5.94. The van der Waals surface area contributed by atoms with Crippen LogP contribution in [-0.4, -0.2) is 16.7 Å². The zero-order chi connectivity index (χ0) is 13.0. The molecular weight excluding hydrogens is 246 g/mol. The van der Waals surface area contributed by atoms with Crippen molar-refractivity contribution in [2.24, 2.45) is 0 Å². The molecule has 96 valence electrons. The van der Waals surface area contributed by atoms with Gasteiger partial charge in [0.2, 0.25) is 5.88 Å². The first kappa shape index (κ1) is 13.1. The number of nitrogens with zero attached hydrogens (tertiary/aromatic N) is 1. The molecule has 2 aromatic rings. The van der Waals surface area contributed by atoms with Crippen LogP contribution in [0.15, 0.2) is 23.6 Å². The summed E-state index contributed by atoms with van der Waals surface area (Å²) in [4.78, 5) is 5.64. The lowest BCUT2D eigenvalue weighted by atomic mass is 10.1. The molecule has 2 aromatic heterocycles. The van der Waals surface area contributed by atoms with Crippen LogP contribution in [-0.2, 0) is 13.0 Å². The molecule has 0 saturated heterocycles. The minimum Gasteiger partial charge on any atom is -0.477 e. The Bertz CT molecular complexity index is 509. The molecule has 0 aromatic carbocycles. The highest BCUT2D eigenvalue weighted by atomic mass is 32.1. The molecule has 2 rings (SSSR count). The van der Waals surface area contributed by atoms with Gasteiger partial charge in [-0.25, -0.2) is 4.98 Å². The lowest BCUT2D eigenvalue weighted by molar-refractivity contribution is 0.258. The van der Waals surface area contributed by atoms with Gasteiger partial charge in [0, 0.05) is 22.6 Å². The Morgan fingerprint density at radius 3 is 2.89 bits per heavy atom. The predicted molar refractivity (Wildman–Crippen MR) is 73.2 cm³/mol. The standard InChI is InChI=1S/C14H17NO2S/c1-10-8-11(2)15-14(13(10)9-16)17-6-5-12-4-3-7-18-12/h3-4,7-8,16H,5-6,9H2,1-2H3. The van der Waals surface area contributed by atoms with Crippen LogP contribution >= 0.6 is 11.3 Å². The summed E-state index contributed by atoms with van der Waals surface area (Å²) in [6, 6.07) is 6.09. The highest BCUT2D eigenvalue weighted by Crippen LogP contribution is 2.21. The molecule has 0 unspecified atom stereocenters. The van der Waals surface area contributed by atoms with Gasteiger partial charge in [-0.1, -0.05) is 6.07 Å². The molecule has 0 atom stereocenters. The van der Waals surface area contributed by atoms with E-state index in [1.165, 1.54) is 4.88 Å². The second kappa shape index (κ2) is 5.98. The summed E-state index contributed by atoms with van der Waals surface area (Å²) in [5.74, 6) is 0.562. The third-order valence-electron chi connectivity index (χ3n) is 2.76. The Morgan fingerprint density at radius 2 is 2.22 bits per heavy atom. The molecule has 0 aliphatic rings. The van der Waals surface area contributed by atoms with Crippen molar-refractivity contribution in [1.29, 1.82) is 0 Å². The summed E-state index contributed by atoms with van der Waals surface area (Å²) in [5, 5.41) is 11.4. The quantitative estimate of drug-likeness (QED) is 0.902. The van der Waals surface area contributed by atoms with Crippen LogP contribution in [0.25, 0.3) is 0 Å². The molecule has 0 aliphatic carbocycles. The van der Waals surface area contributed by atoms with E-state index in [1.807, 2.05) is 26.0 Å². The van der Waals surface area contributed by atoms with Gasteiger partial charge in [0.15, 0.2) is 0 Å². The number of hydrogen-bond acceptors (Lipinski definition) is 4. The number of rotatable bonds is 5. The fourth-order valence-electron chi connectivity index (χ4n) is 1.84. The minimum absolute atomic E-state index is 0.0343. The monoisotopic (exact) mass is 263 g/mol.